The van der Waals surface area contributed by atoms with Crippen molar-refractivity contribution in [3.8, 4) is 0 Å². The Morgan fingerprint density at radius 1 is 1.57 bits per heavy atom. The van der Waals surface area contributed by atoms with Crippen molar-refractivity contribution in [1.82, 2.24) is 9.59 Å². The molecule has 1 aromatic heterocycles. The molecule has 0 radical (unpaired) electrons. The van der Waals surface area contributed by atoms with Crippen molar-refractivity contribution in [3.05, 3.63) is 10.6 Å². The van der Waals surface area contributed by atoms with Gasteiger partial charge in [-0.3, -0.25) is 0 Å². The molecular weight excluding hydrogens is 194 g/mol. The van der Waals surface area contributed by atoms with Crippen LogP contribution in [0.4, 0.5) is 0 Å². The summed E-state index contributed by atoms with van der Waals surface area (Å²) in [4.78, 5) is 1.23. The lowest BCUT2D eigenvalue weighted by atomic mass is 9.79. The van der Waals surface area contributed by atoms with Crippen molar-refractivity contribution in [2.75, 3.05) is 0 Å². The summed E-state index contributed by atoms with van der Waals surface area (Å²) < 4.78 is 4.01. The second kappa shape index (κ2) is 4.36. The summed E-state index contributed by atoms with van der Waals surface area (Å²) in [5, 5.41) is 4.16. The van der Waals surface area contributed by atoms with Gasteiger partial charge in [-0.15, -0.1) is 5.10 Å². The molecule has 0 amide bonds. The largest absolute Gasteiger partial charge is 0.323 e. The second-order valence-electron chi connectivity index (χ2n) is 4.05. The van der Waals surface area contributed by atoms with E-state index in [1.807, 2.05) is 0 Å². The van der Waals surface area contributed by atoms with Gasteiger partial charge >= 0.3 is 0 Å². The summed E-state index contributed by atoms with van der Waals surface area (Å²) in [6, 6.07) is 0.199. The molecule has 3 nitrogen and oxygen atoms in total. The van der Waals surface area contributed by atoms with Gasteiger partial charge in [0, 0.05) is 6.04 Å². The van der Waals surface area contributed by atoms with Gasteiger partial charge < -0.3 is 5.73 Å². The first kappa shape index (κ1) is 10.1. The summed E-state index contributed by atoms with van der Waals surface area (Å²) >= 11 is 1.49. The third-order valence-corrected chi connectivity index (χ3v) is 3.90. The Kier molecular flexibility index (Phi) is 3.13. The van der Waals surface area contributed by atoms with E-state index in [1.165, 1.54) is 35.7 Å². The van der Waals surface area contributed by atoms with Crippen molar-refractivity contribution in [1.29, 1.82) is 0 Å². The lowest BCUT2D eigenvalue weighted by Crippen LogP contribution is -2.26. The second-order valence-corrected chi connectivity index (χ2v) is 4.84. The van der Waals surface area contributed by atoms with E-state index in [0.29, 0.717) is 5.92 Å². The number of rotatable bonds is 4. The minimum absolute atomic E-state index is 0.199. The van der Waals surface area contributed by atoms with Gasteiger partial charge in [0.2, 0.25) is 0 Å². The summed E-state index contributed by atoms with van der Waals surface area (Å²) in [6.07, 6.45) is 6.05. The van der Waals surface area contributed by atoms with Crippen LogP contribution in [0.25, 0.3) is 0 Å². The fourth-order valence-corrected chi connectivity index (χ4v) is 2.68. The van der Waals surface area contributed by atoms with Crippen LogP contribution in [0, 0.1) is 5.92 Å². The fourth-order valence-electron chi connectivity index (χ4n) is 1.89. The van der Waals surface area contributed by atoms with E-state index in [9.17, 15) is 0 Å². The highest BCUT2D eigenvalue weighted by Crippen LogP contribution is 2.38. The first-order chi connectivity index (χ1) is 6.83. The molecule has 2 N–H and O–H groups in total. The maximum Gasteiger partial charge on any atom is 0.0803 e. The molecule has 0 aromatic carbocycles. The lowest BCUT2D eigenvalue weighted by molar-refractivity contribution is 0.266. The zero-order valence-corrected chi connectivity index (χ0v) is 9.39. The molecule has 1 heterocycles. The van der Waals surface area contributed by atoms with Crippen LogP contribution in [0.15, 0.2) is 0 Å². The van der Waals surface area contributed by atoms with Crippen LogP contribution >= 0.6 is 11.5 Å². The van der Waals surface area contributed by atoms with Crippen LogP contribution in [-0.2, 0) is 6.42 Å². The normalized spacial score (nSPS) is 19.3. The highest BCUT2D eigenvalue weighted by molar-refractivity contribution is 7.05. The van der Waals surface area contributed by atoms with Crippen LogP contribution in [0.3, 0.4) is 0 Å². The van der Waals surface area contributed by atoms with E-state index in [0.717, 1.165) is 18.5 Å². The molecule has 1 atom stereocenters. The quantitative estimate of drug-likeness (QED) is 0.831. The molecule has 0 spiro atoms. The Bertz CT molecular complexity index is 293. The molecule has 78 valence electrons. The molecule has 1 aliphatic carbocycles. The van der Waals surface area contributed by atoms with E-state index >= 15 is 0 Å². The maximum absolute atomic E-state index is 6.21. The fraction of sp³-hybridized carbons (Fsp3) is 0.800. The molecule has 1 aliphatic rings. The Hall–Kier alpha value is -0.480. The third kappa shape index (κ3) is 1.81. The van der Waals surface area contributed by atoms with Crippen LogP contribution in [0.5, 0.6) is 0 Å². The third-order valence-electron chi connectivity index (χ3n) is 3.03. The average Bonchev–Trinajstić information content (AvgIpc) is 2.49. The van der Waals surface area contributed by atoms with Crippen LogP contribution in [0.2, 0.25) is 0 Å². The van der Waals surface area contributed by atoms with E-state index < -0.39 is 0 Å². The van der Waals surface area contributed by atoms with E-state index in [1.54, 1.807) is 0 Å². The maximum atomic E-state index is 6.21. The van der Waals surface area contributed by atoms with Crippen molar-refractivity contribution in [3.63, 3.8) is 0 Å². The van der Waals surface area contributed by atoms with Crippen LogP contribution in [-0.4, -0.2) is 9.59 Å². The van der Waals surface area contributed by atoms with Gasteiger partial charge in [-0.1, -0.05) is 24.3 Å². The minimum Gasteiger partial charge on any atom is -0.323 e. The van der Waals surface area contributed by atoms with Gasteiger partial charge in [-0.25, -0.2) is 0 Å². The molecule has 1 fully saturated rings. The molecule has 2 rings (SSSR count). The highest BCUT2D eigenvalue weighted by atomic mass is 32.1. The summed E-state index contributed by atoms with van der Waals surface area (Å²) in [7, 11) is 0. The van der Waals surface area contributed by atoms with Gasteiger partial charge in [-0.05, 0) is 36.7 Å². The number of hydrogen-bond acceptors (Lipinski definition) is 4. The Morgan fingerprint density at radius 2 is 2.36 bits per heavy atom. The summed E-state index contributed by atoms with van der Waals surface area (Å²) in [5.74, 6) is 0.688. The molecular formula is C10H17N3S. The molecule has 1 unspecified atom stereocenters. The number of aryl methyl sites for hydroxylation is 1. The van der Waals surface area contributed by atoms with E-state index in [-0.39, 0.29) is 6.04 Å². The number of hydrogen-bond donors (Lipinski definition) is 1. The molecule has 1 saturated carbocycles. The topological polar surface area (TPSA) is 51.8 Å². The van der Waals surface area contributed by atoms with Crippen molar-refractivity contribution < 1.29 is 0 Å². The predicted molar refractivity (Wildman–Crippen MR) is 58.2 cm³/mol. The zero-order chi connectivity index (χ0) is 9.97. The SMILES string of the molecule is CCCc1nnsc1C(N)C1CCC1. The molecule has 1 aromatic rings. The van der Waals surface area contributed by atoms with Crippen molar-refractivity contribution in [2.45, 2.75) is 45.1 Å². The van der Waals surface area contributed by atoms with Gasteiger partial charge in [-0.2, -0.15) is 0 Å². The summed E-state index contributed by atoms with van der Waals surface area (Å²) in [6.45, 7) is 2.16. The van der Waals surface area contributed by atoms with Gasteiger partial charge in [0.05, 0.1) is 10.6 Å². The molecule has 0 bridgehead atoms. The van der Waals surface area contributed by atoms with Crippen molar-refractivity contribution >= 4 is 11.5 Å². The lowest BCUT2D eigenvalue weighted by Gasteiger charge is -2.30. The van der Waals surface area contributed by atoms with E-state index in [4.69, 9.17) is 5.73 Å². The molecule has 4 heteroatoms. The number of nitrogens with two attached hydrogens (primary N) is 1. The predicted octanol–water partition coefficient (Wildman–Crippen LogP) is 2.29. The smallest absolute Gasteiger partial charge is 0.0803 e. The van der Waals surface area contributed by atoms with Gasteiger partial charge in [0.15, 0.2) is 0 Å². The Morgan fingerprint density at radius 3 is 2.93 bits per heavy atom. The number of nitrogens with zero attached hydrogens (tertiary/aromatic N) is 2. The standard InChI is InChI=1S/C10H17N3S/c1-2-4-8-10(14-13-12-8)9(11)7-5-3-6-7/h7,9H,2-6,11H2,1H3. The van der Waals surface area contributed by atoms with E-state index in [2.05, 4.69) is 16.5 Å². The Labute approximate surface area is 88.9 Å². The summed E-state index contributed by atoms with van der Waals surface area (Å²) in [5.41, 5.74) is 7.34. The number of aromatic nitrogens is 2. The van der Waals surface area contributed by atoms with Crippen molar-refractivity contribution in [2.24, 2.45) is 11.7 Å². The first-order valence-electron chi connectivity index (χ1n) is 5.39. The van der Waals surface area contributed by atoms with Gasteiger partial charge in [0.1, 0.15) is 0 Å². The highest BCUT2D eigenvalue weighted by Gasteiger charge is 2.28. The molecule has 0 saturated heterocycles. The van der Waals surface area contributed by atoms with Gasteiger partial charge in [0.25, 0.3) is 0 Å². The minimum atomic E-state index is 0.199. The first-order valence-corrected chi connectivity index (χ1v) is 6.17. The molecule has 0 aliphatic heterocycles. The Balaban J connectivity index is 2.09. The van der Waals surface area contributed by atoms with Crippen LogP contribution in [0.1, 0.15) is 49.2 Å². The molecule has 14 heavy (non-hydrogen) atoms. The van der Waals surface area contributed by atoms with Crippen LogP contribution < -0.4 is 5.73 Å². The monoisotopic (exact) mass is 211 g/mol. The average molecular weight is 211 g/mol. The zero-order valence-electron chi connectivity index (χ0n) is 8.57.